The van der Waals surface area contributed by atoms with Crippen LogP contribution < -0.4 is 10.1 Å². The second kappa shape index (κ2) is 9.43. The third kappa shape index (κ3) is 5.87. The number of amides is 1. The molecular formula is C20H23F3N2O3. The maximum atomic E-state index is 12.5. The van der Waals surface area contributed by atoms with Crippen LogP contribution in [0.1, 0.15) is 46.9 Å². The van der Waals surface area contributed by atoms with E-state index >= 15 is 0 Å². The van der Waals surface area contributed by atoms with Gasteiger partial charge in [-0.3, -0.25) is 9.78 Å². The van der Waals surface area contributed by atoms with Gasteiger partial charge in [0.05, 0.1) is 12.2 Å². The van der Waals surface area contributed by atoms with Gasteiger partial charge in [-0.1, -0.05) is 6.92 Å². The van der Waals surface area contributed by atoms with Crippen molar-refractivity contribution in [1.82, 2.24) is 10.3 Å². The predicted octanol–water partition coefficient (Wildman–Crippen LogP) is 4.27. The van der Waals surface area contributed by atoms with Crippen LogP contribution in [0.4, 0.5) is 13.2 Å². The number of carbonyl (C=O) groups is 1. The van der Waals surface area contributed by atoms with Gasteiger partial charge in [0, 0.05) is 12.7 Å². The van der Waals surface area contributed by atoms with E-state index in [2.05, 4.69) is 10.3 Å². The molecule has 0 spiro atoms. The number of pyridine rings is 1. The Kier molecular flexibility index (Phi) is 7.25. The number of rotatable bonds is 8. The van der Waals surface area contributed by atoms with Crippen molar-refractivity contribution in [1.29, 1.82) is 0 Å². The van der Waals surface area contributed by atoms with Crippen LogP contribution in [0.15, 0.2) is 30.5 Å². The molecule has 1 heterocycles. The fourth-order valence-corrected chi connectivity index (χ4v) is 2.69. The summed E-state index contributed by atoms with van der Waals surface area (Å²) in [5.41, 5.74) is 0.839. The molecule has 0 unspecified atom stereocenters. The van der Waals surface area contributed by atoms with Crippen molar-refractivity contribution in [3.63, 3.8) is 0 Å². The number of phenolic OH excluding ortho intramolecular Hbond substituents is 1. The number of unbranched alkanes of at least 4 members (excludes halogenated alkanes) is 1. The quantitative estimate of drug-likeness (QED) is 0.654. The molecule has 152 valence electrons. The number of ether oxygens (including phenoxy) is 1. The van der Waals surface area contributed by atoms with Crippen molar-refractivity contribution in [2.24, 2.45) is 0 Å². The van der Waals surface area contributed by atoms with Gasteiger partial charge in [-0.2, -0.15) is 13.2 Å². The van der Waals surface area contributed by atoms with Crippen LogP contribution in [0.5, 0.6) is 11.5 Å². The smallest absolute Gasteiger partial charge is 0.417 e. The van der Waals surface area contributed by atoms with Crippen LogP contribution in [0, 0.1) is 6.92 Å². The van der Waals surface area contributed by atoms with E-state index in [1.807, 2.05) is 13.8 Å². The third-order valence-corrected chi connectivity index (χ3v) is 4.14. The number of halogens is 3. The molecule has 2 N–H and O–H groups in total. The highest BCUT2D eigenvalue weighted by Crippen LogP contribution is 2.29. The first kappa shape index (κ1) is 21.5. The molecule has 1 aromatic heterocycles. The van der Waals surface area contributed by atoms with Crippen LogP contribution >= 0.6 is 0 Å². The highest BCUT2D eigenvalue weighted by Gasteiger charge is 2.30. The number of phenols is 1. The largest absolute Gasteiger partial charge is 0.508 e. The molecule has 1 aromatic carbocycles. The number of alkyl halides is 3. The molecule has 0 aliphatic carbocycles. The first-order chi connectivity index (χ1) is 13.2. The summed E-state index contributed by atoms with van der Waals surface area (Å²) in [5.74, 6) is 0.455. The lowest BCUT2D eigenvalue weighted by Gasteiger charge is -2.14. The molecule has 2 rings (SSSR count). The number of nitrogens with one attached hydrogen (secondary N) is 1. The number of aryl methyl sites for hydroxylation is 2. The van der Waals surface area contributed by atoms with E-state index in [9.17, 15) is 23.1 Å². The van der Waals surface area contributed by atoms with Crippen LogP contribution in [-0.2, 0) is 12.6 Å². The lowest BCUT2D eigenvalue weighted by Crippen LogP contribution is -2.25. The number of aromatic nitrogens is 1. The topological polar surface area (TPSA) is 71.5 Å². The summed E-state index contributed by atoms with van der Waals surface area (Å²) >= 11 is 0. The monoisotopic (exact) mass is 396 g/mol. The summed E-state index contributed by atoms with van der Waals surface area (Å²) in [7, 11) is 0. The average molecular weight is 396 g/mol. The molecule has 2 aromatic rings. The fourth-order valence-electron chi connectivity index (χ4n) is 2.69. The molecule has 0 radical (unpaired) electrons. The van der Waals surface area contributed by atoms with E-state index in [1.54, 1.807) is 12.1 Å². The number of hydrogen-bond donors (Lipinski definition) is 2. The predicted molar refractivity (Wildman–Crippen MR) is 98.5 cm³/mol. The van der Waals surface area contributed by atoms with Crippen molar-refractivity contribution in [2.45, 2.75) is 39.3 Å². The van der Waals surface area contributed by atoms with Crippen LogP contribution in [-0.4, -0.2) is 29.1 Å². The molecule has 0 atom stereocenters. The Bertz CT molecular complexity index is 806. The maximum absolute atomic E-state index is 12.5. The summed E-state index contributed by atoms with van der Waals surface area (Å²) in [4.78, 5) is 15.5. The van der Waals surface area contributed by atoms with Crippen LogP contribution in [0.3, 0.4) is 0 Å². The number of nitrogens with zero attached hydrogens (tertiary/aromatic N) is 1. The summed E-state index contributed by atoms with van der Waals surface area (Å²) in [6, 6.07) is 5.22. The zero-order chi connectivity index (χ0) is 20.7. The summed E-state index contributed by atoms with van der Waals surface area (Å²) < 4.78 is 43.3. The minimum Gasteiger partial charge on any atom is -0.508 e. The number of benzene rings is 1. The molecule has 0 bridgehead atoms. The fraction of sp³-hybridized carbons (Fsp3) is 0.400. The Morgan fingerprint density at radius 2 is 2.00 bits per heavy atom. The van der Waals surface area contributed by atoms with Gasteiger partial charge in [0.25, 0.3) is 5.91 Å². The Balaban J connectivity index is 1.74. The molecule has 0 saturated carbocycles. The van der Waals surface area contributed by atoms with Crippen molar-refractivity contribution >= 4 is 5.91 Å². The van der Waals surface area contributed by atoms with Crippen molar-refractivity contribution in [3.8, 4) is 11.5 Å². The van der Waals surface area contributed by atoms with Crippen molar-refractivity contribution in [2.75, 3.05) is 13.2 Å². The lowest BCUT2D eigenvalue weighted by atomic mass is 10.1. The summed E-state index contributed by atoms with van der Waals surface area (Å²) in [6.07, 6.45) is -1.76. The van der Waals surface area contributed by atoms with Crippen LogP contribution in [0.25, 0.3) is 0 Å². The van der Waals surface area contributed by atoms with Gasteiger partial charge < -0.3 is 15.2 Å². The number of aromatic hydroxyl groups is 1. The van der Waals surface area contributed by atoms with Gasteiger partial charge in [0.1, 0.15) is 17.2 Å². The Morgan fingerprint density at radius 3 is 2.61 bits per heavy atom. The maximum Gasteiger partial charge on any atom is 0.417 e. The Hall–Kier alpha value is -2.77. The molecular weight excluding hydrogens is 373 g/mol. The van der Waals surface area contributed by atoms with Gasteiger partial charge in [0.2, 0.25) is 0 Å². The SMILES string of the molecule is CCc1cc(O)cc(C)c1OCCCCNC(=O)c1ccc(C(F)(F)F)cn1. The van der Waals surface area contributed by atoms with E-state index in [4.69, 9.17) is 4.74 Å². The van der Waals surface area contributed by atoms with Gasteiger partial charge in [-0.25, -0.2) is 0 Å². The van der Waals surface area contributed by atoms with Gasteiger partial charge in [-0.05, 0) is 61.6 Å². The molecule has 0 aliphatic rings. The zero-order valence-electron chi connectivity index (χ0n) is 15.8. The molecule has 1 amide bonds. The lowest BCUT2D eigenvalue weighted by molar-refractivity contribution is -0.137. The van der Waals surface area contributed by atoms with E-state index in [-0.39, 0.29) is 11.4 Å². The van der Waals surface area contributed by atoms with Gasteiger partial charge in [0.15, 0.2) is 0 Å². The van der Waals surface area contributed by atoms with E-state index in [0.717, 1.165) is 35.4 Å². The highest BCUT2D eigenvalue weighted by atomic mass is 19.4. The van der Waals surface area contributed by atoms with Crippen molar-refractivity contribution < 1.29 is 27.8 Å². The highest BCUT2D eigenvalue weighted by molar-refractivity contribution is 5.92. The van der Waals surface area contributed by atoms with Crippen LogP contribution in [0.2, 0.25) is 0 Å². The van der Waals surface area contributed by atoms with E-state index in [0.29, 0.717) is 32.2 Å². The summed E-state index contributed by atoms with van der Waals surface area (Å²) in [6.45, 7) is 4.66. The third-order valence-electron chi connectivity index (χ3n) is 4.14. The second-order valence-corrected chi connectivity index (χ2v) is 6.35. The summed E-state index contributed by atoms with van der Waals surface area (Å²) in [5, 5.41) is 12.3. The van der Waals surface area contributed by atoms with Crippen molar-refractivity contribution in [3.05, 3.63) is 52.8 Å². The Labute approximate surface area is 161 Å². The molecule has 0 fully saturated rings. The molecule has 8 heteroatoms. The number of carbonyl (C=O) groups excluding carboxylic acids is 1. The minimum atomic E-state index is -4.48. The second-order valence-electron chi connectivity index (χ2n) is 6.35. The molecule has 5 nitrogen and oxygen atoms in total. The van der Waals surface area contributed by atoms with Gasteiger partial charge in [-0.15, -0.1) is 0 Å². The average Bonchev–Trinajstić information content (AvgIpc) is 2.64. The first-order valence-electron chi connectivity index (χ1n) is 8.99. The molecule has 28 heavy (non-hydrogen) atoms. The molecule has 0 saturated heterocycles. The normalized spacial score (nSPS) is 11.3. The van der Waals surface area contributed by atoms with E-state index < -0.39 is 17.6 Å². The minimum absolute atomic E-state index is 0.0587. The van der Waals surface area contributed by atoms with Gasteiger partial charge >= 0.3 is 6.18 Å². The molecule has 0 aliphatic heterocycles. The standard InChI is InChI=1S/C20H23F3N2O3/c1-3-14-11-16(26)10-13(2)18(14)28-9-5-4-8-24-19(27)17-7-6-15(12-25-17)20(21,22)23/h6-7,10-12,26H,3-5,8-9H2,1-2H3,(H,24,27). The Morgan fingerprint density at radius 1 is 1.25 bits per heavy atom. The zero-order valence-corrected chi connectivity index (χ0v) is 15.8. The van der Waals surface area contributed by atoms with E-state index in [1.165, 1.54) is 0 Å². The first-order valence-corrected chi connectivity index (χ1v) is 8.99. The number of hydrogen-bond acceptors (Lipinski definition) is 4.